The summed E-state index contributed by atoms with van der Waals surface area (Å²) in [6.45, 7) is 1.40. The first kappa shape index (κ1) is 11.5. The minimum absolute atomic E-state index is 0.0114. The highest BCUT2D eigenvalue weighted by Crippen LogP contribution is 2.20. The molecule has 8 heteroatoms. The topological polar surface area (TPSA) is 114 Å². The van der Waals surface area contributed by atoms with Crippen molar-refractivity contribution in [2.24, 2.45) is 5.73 Å². The SMILES string of the molecule is NCCC(=O)N1CC(n2cc(C(=O)O)nn2)C1. The van der Waals surface area contributed by atoms with Gasteiger partial charge in [-0.05, 0) is 0 Å². The molecule has 92 valence electrons. The maximum atomic E-state index is 11.4. The Hall–Kier alpha value is -1.96. The Labute approximate surface area is 97.0 Å². The molecule has 1 aromatic rings. The number of aromatic carboxylic acids is 1. The van der Waals surface area contributed by atoms with Gasteiger partial charge in [0, 0.05) is 26.1 Å². The largest absolute Gasteiger partial charge is 0.476 e. The summed E-state index contributed by atoms with van der Waals surface area (Å²) in [4.78, 5) is 23.7. The van der Waals surface area contributed by atoms with Crippen molar-refractivity contribution < 1.29 is 14.7 Å². The van der Waals surface area contributed by atoms with Gasteiger partial charge < -0.3 is 15.7 Å². The Balaban J connectivity index is 1.90. The van der Waals surface area contributed by atoms with Crippen LogP contribution in [0.3, 0.4) is 0 Å². The summed E-state index contributed by atoms with van der Waals surface area (Å²) in [5.41, 5.74) is 5.20. The van der Waals surface area contributed by atoms with E-state index in [-0.39, 0.29) is 17.6 Å². The first-order chi connectivity index (χ1) is 8.11. The van der Waals surface area contributed by atoms with E-state index in [4.69, 9.17) is 10.8 Å². The number of nitrogens with zero attached hydrogens (tertiary/aromatic N) is 4. The van der Waals surface area contributed by atoms with Gasteiger partial charge in [-0.2, -0.15) is 0 Å². The summed E-state index contributed by atoms with van der Waals surface area (Å²) < 4.78 is 1.48. The van der Waals surface area contributed by atoms with E-state index in [0.29, 0.717) is 26.1 Å². The molecule has 1 saturated heterocycles. The third-order valence-electron chi connectivity index (χ3n) is 2.68. The molecule has 17 heavy (non-hydrogen) atoms. The number of carboxylic acids is 1. The summed E-state index contributed by atoms with van der Waals surface area (Å²) >= 11 is 0. The van der Waals surface area contributed by atoms with E-state index >= 15 is 0 Å². The molecular weight excluding hydrogens is 226 g/mol. The second-order valence-corrected chi connectivity index (χ2v) is 3.88. The number of hydrogen-bond donors (Lipinski definition) is 2. The fourth-order valence-electron chi connectivity index (χ4n) is 1.66. The Morgan fingerprint density at radius 2 is 2.24 bits per heavy atom. The number of amides is 1. The van der Waals surface area contributed by atoms with Crippen molar-refractivity contribution in [3.05, 3.63) is 11.9 Å². The van der Waals surface area contributed by atoms with Gasteiger partial charge in [-0.15, -0.1) is 5.10 Å². The summed E-state index contributed by atoms with van der Waals surface area (Å²) in [7, 11) is 0. The number of aromatic nitrogens is 3. The summed E-state index contributed by atoms with van der Waals surface area (Å²) in [6, 6.07) is 0.0114. The Morgan fingerprint density at radius 3 is 2.76 bits per heavy atom. The van der Waals surface area contributed by atoms with Crippen LogP contribution in [-0.4, -0.2) is 56.5 Å². The fraction of sp³-hybridized carbons (Fsp3) is 0.556. The highest BCUT2D eigenvalue weighted by atomic mass is 16.4. The van der Waals surface area contributed by atoms with Gasteiger partial charge in [0.2, 0.25) is 5.91 Å². The zero-order chi connectivity index (χ0) is 12.4. The van der Waals surface area contributed by atoms with Crippen LogP contribution in [0.15, 0.2) is 6.20 Å². The van der Waals surface area contributed by atoms with E-state index in [1.165, 1.54) is 10.9 Å². The second-order valence-electron chi connectivity index (χ2n) is 3.88. The smallest absolute Gasteiger partial charge is 0.358 e. The molecule has 0 saturated carbocycles. The van der Waals surface area contributed by atoms with Crippen LogP contribution in [0.4, 0.5) is 0 Å². The van der Waals surface area contributed by atoms with E-state index in [0.717, 1.165) is 0 Å². The van der Waals surface area contributed by atoms with Crippen LogP contribution < -0.4 is 5.73 Å². The third kappa shape index (κ3) is 2.26. The van der Waals surface area contributed by atoms with Gasteiger partial charge in [-0.3, -0.25) is 4.79 Å². The summed E-state index contributed by atoms with van der Waals surface area (Å²) in [5.74, 6) is -1.09. The van der Waals surface area contributed by atoms with Crippen molar-refractivity contribution in [3.8, 4) is 0 Å². The van der Waals surface area contributed by atoms with Gasteiger partial charge in [0.1, 0.15) is 0 Å². The molecule has 0 atom stereocenters. The molecule has 3 N–H and O–H groups in total. The van der Waals surface area contributed by atoms with Crippen molar-refractivity contribution in [1.82, 2.24) is 19.9 Å². The first-order valence-electron chi connectivity index (χ1n) is 5.24. The number of carbonyl (C=O) groups excluding carboxylic acids is 1. The highest BCUT2D eigenvalue weighted by molar-refractivity contribution is 5.84. The molecule has 8 nitrogen and oxygen atoms in total. The number of carbonyl (C=O) groups is 2. The number of carboxylic acid groups (broad SMARTS) is 1. The molecule has 2 heterocycles. The molecular formula is C9H13N5O3. The molecule has 0 aromatic carbocycles. The van der Waals surface area contributed by atoms with Crippen molar-refractivity contribution >= 4 is 11.9 Å². The second kappa shape index (κ2) is 4.50. The summed E-state index contributed by atoms with van der Waals surface area (Å²) in [5, 5.41) is 15.9. The van der Waals surface area contributed by atoms with Crippen LogP contribution >= 0.6 is 0 Å². The number of hydrogen-bond acceptors (Lipinski definition) is 5. The van der Waals surface area contributed by atoms with E-state index in [1.807, 2.05) is 0 Å². The third-order valence-corrected chi connectivity index (χ3v) is 2.68. The van der Waals surface area contributed by atoms with Crippen LogP contribution in [0.2, 0.25) is 0 Å². The molecule has 0 unspecified atom stereocenters. The normalized spacial score (nSPS) is 15.7. The van der Waals surface area contributed by atoms with Gasteiger partial charge in [0.25, 0.3) is 0 Å². The quantitative estimate of drug-likeness (QED) is 0.675. The lowest BCUT2D eigenvalue weighted by Gasteiger charge is -2.38. The van der Waals surface area contributed by atoms with Gasteiger partial charge in [-0.1, -0.05) is 5.21 Å². The average Bonchev–Trinajstić information content (AvgIpc) is 2.65. The van der Waals surface area contributed by atoms with Gasteiger partial charge in [0.15, 0.2) is 5.69 Å². The molecule has 2 rings (SSSR count). The molecule has 0 bridgehead atoms. The van der Waals surface area contributed by atoms with E-state index < -0.39 is 5.97 Å². The van der Waals surface area contributed by atoms with E-state index in [1.54, 1.807) is 4.90 Å². The monoisotopic (exact) mass is 239 g/mol. The van der Waals surface area contributed by atoms with E-state index in [2.05, 4.69) is 10.3 Å². The standard InChI is InChI=1S/C9H13N5O3/c10-2-1-8(15)13-3-6(4-13)14-5-7(9(16)17)11-12-14/h5-6H,1-4,10H2,(H,16,17). The van der Waals surface area contributed by atoms with Crippen LogP contribution in [0, 0.1) is 0 Å². The van der Waals surface area contributed by atoms with Gasteiger partial charge >= 0.3 is 5.97 Å². The van der Waals surface area contributed by atoms with Crippen LogP contribution in [0.5, 0.6) is 0 Å². The maximum Gasteiger partial charge on any atom is 0.358 e. The predicted octanol–water partition coefficient (Wildman–Crippen LogP) is -1.29. The molecule has 1 fully saturated rings. The Kier molecular flexibility index (Phi) is 3.05. The molecule has 0 spiro atoms. The van der Waals surface area contributed by atoms with Crippen LogP contribution in [0.1, 0.15) is 23.0 Å². The fourth-order valence-corrected chi connectivity index (χ4v) is 1.66. The minimum Gasteiger partial charge on any atom is -0.476 e. The van der Waals surface area contributed by atoms with Crippen molar-refractivity contribution in [3.63, 3.8) is 0 Å². The zero-order valence-corrected chi connectivity index (χ0v) is 9.11. The zero-order valence-electron chi connectivity index (χ0n) is 9.11. The van der Waals surface area contributed by atoms with Crippen molar-refractivity contribution in [1.29, 1.82) is 0 Å². The van der Waals surface area contributed by atoms with Crippen molar-refractivity contribution in [2.75, 3.05) is 19.6 Å². The lowest BCUT2D eigenvalue weighted by Crippen LogP contribution is -2.51. The Bertz CT molecular complexity index is 438. The average molecular weight is 239 g/mol. The summed E-state index contributed by atoms with van der Waals surface area (Å²) in [6.07, 6.45) is 1.71. The predicted molar refractivity (Wildman–Crippen MR) is 56.3 cm³/mol. The lowest BCUT2D eigenvalue weighted by atomic mass is 10.1. The van der Waals surface area contributed by atoms with E-state index in [9.17, 15) is 9.59 Å². The number of rotatable bonds is 4. The number of nitrogens with two attached hydrogens (primary N) is 1. The van der Waals surface area contributed by atoms with Gasteiger partial charge in [0.05, 0.1) is 12.2 Å². The Morgan fingerprint density at radius 1 is 1.53 bits per heavy atom. The molecule has 1 amide bonds. The van der Waals surface area contributed by atoms with Gasteiger partial charge in [-0.25, -0.2) is 9.48 Å². The molecule has 0 aliphatic carbocycles. The highest BCUT2D eigenvalue weighted by Gasteiger charge is 2.32. The molecule has 0 radical (unpaired) electrons. The molecule has 1 aromatic heterocycles. The molecule has 1 aliphatic heterocycles. The van der Waals surface area contributed by atoms with Crippen molar-refractivity contribution in [2.45, 2.75) is 12.5 Å². The number of likely N-dealkylation sites (tertiary alicyclic amines) is 1. The maximum absolute atomic E-state index is 11.4. The van der Waals surface area contributed by atoms with Crippen LogP contribution in [-0.2, 0) is 4.79 Å². The minimum atomic E-state index is -1.10. The first-order valence-corrected chi connectivity index (χ1v) is 5.24. The lowest BCUT2D eigenvalue weighted by molar-refractivity contribution is -0.136. The van der Waals surface area contributed by atoms with Crippen LogP contribution in [0.25, 0.3) is 0 Å². The molecule has 1 aliphatic rings.